The van der Waals surface area contributed by atoms with E-state index in [0.717, 1.165) is 21.3 Å². The maximum absolute atomic E-state index is 5.65. The second-order valence-corrected chi connectivity index (χ2v) is 4.93. The standard InChI is InChI=1S/C14H15BrN2O/c1-10-12(8-16)5-6-14(17-10)18-9-11-3-2-4-13(15)7-11/h2-7H,8-9,16H2,1H3. The van der Waals surface area contributed by atoms with E-state index < -0.39 is 0 Å². The highest BCUT2D eigenvalue weighted by Gasteiger charge is 2.02. The number of hydrogen-bond acceptors (Lipinski definition) is 3. The van der Waals surface area contributed by atoms with Crippen molar-refractivity contribution < 1.29 is 4.74 Å². The zero-order valence-corrected chi connectivity index (χ0v) is 11.8. The Labute approximate surface area is 115 Å². The van der Waals surface area contributed by atoms with Crippen molar-refractivity contribution in [1.82, 2.24) is 4.98 Å². The Balaban J connectivity index is 2.04. The molecule has 0 saturated heterocycles. The second-order valence-electron chi connectivity index (χ2n) is 4.02. The van der Waals surface area contributed by atoms with Crippen LogP contribution in [0.4, 0.5) is 0 Å². The number of nitrogens with two attached hydrogens (primary N) is 1. The van der Waals surface area contributed by atoms with Gasteiger partial charge in [-0.3, -0.25) is 0 Å². The van der Waals surface area contributed by atoms with Gasteiger partial charge in [0.05, 0.1) is 0 Å². The maximum atomic E-state index is 5.65. The van der Waals surface area contributed by atoms with Gasteiger partial charge in [-0.1, -0.05) is 34.1 Å². The van der Waals surface area contributed by atoms with Crippen LogP contribution in [0.5, 0.6) is 5.88 Å². The van der Waals surface area contributed by atoms with E-state index in [1.807, 2.05) is 43.3 Å². The van der Waals surface area contributed by atoms with Crippen LogP contribution in [0.15, 0.2) is 40.9 Å². The molecule has 0 saturated carbocycles. The molecule has 18 heavy (non-hydrogen) atoms. The van der Waals surface area contributed by atoms with Gasteiger partial charge < -0.3 is 10.5 Å². The molecular weight excluding hydrogens is 292 g/mol. The molecule has 2 rings (SSSR count). The van der Waals surface area contributed by atoms with Gasteiger partial charge in [-0.25, -0.2) is 4.98 Å². The van der Waals surface area contributed by atoms with Crippen molar-refractivity contribution in [1.29, 1.82) is 0 Å². The number of nitrogens with zero attached hydrogens (tertiary/aromatic N) is 1. The van der Waals surface area contributed by atoms with Gasteiger partial charge in [0.15, 0.2) is 0 Å². The Morgan fingerprint density at radius 2 is 2.11 bits per heavy atom. The number of hydrogen-bond donors (Lipinski definition) is 1. The minimum atomic E-state index is 0.505. The quantitative estimate of drug-likeness (QED) is 0.943. The van der Waals surface area contributed by atoms with Gasteiger partial charge in [-0.2, -0.15) is 0 Å². The number of benzene rings is 1. The van der Waals surface area contributed by atoms with Crippen molar-refractivity contribution in [2.24, 2.45) is 5.73 Å². The summed E-state index contributed by atoms with van der Waals surface area (Å²) in [6.07, 6.45) is 0. The summed E-state index contributed by atoms with van der Waals surface area (Å²) in [5, 5.41) is 0. The van der Waals surface area contributed by atoms with Crippen LogP contribution in [-0.2, 0) is 13.2 Å². The van der Waals surface area contributed by atoms with E-state index in [2.05, 4.69) is 20.9 Å². The van der Waals surface area contributed by atoms with E-state index in [1.54, 1.807) is 0 Å². The number of halogens is 1. The molecule has 0 atom stereocenters. The highest BCUT2D eigenvalue weighted by molar-refractivity contribution is 9.10. The van der Waals surface area contributed by atoms with Gasteiger partial charge in [0, 0.05) is 22.8 Å². The van der Waals surface area contributed by atoms with Gasteiger partial charge in [0.25, 0.3) is 0 Å². The minimum Gasteiger partial charge on any atom is -0.473 e. The fourth-order valence-electron chi connectivity index (χ4n) is 1.65. The average Bonchev–Trinajstić information content (AvgIpc) is 2.37. The van der Waals surface area contributed by atoms with E-state index in [9.17, 15) is 0 Å². The molecule has 1 heterocycles. The van der Waals surface area contributed by atoms with Gasteiger partial charge in [0.2, 0.25) is 5.88 Å². The lowest BCUT2D eigenvalue weighted by molar-refractivity contribution is 0.293. The van der Waals surface area contributed by atoms with Crippen molar-refractivity contribution in [2.45, 2.75) is 20.1 Å². The zero-order chi connectivity index (χ0) is 13.0. The molecule has 2 aromatic rings. The first-order valence-corrected chi connectivity index (χ1v) is 6.52. The zero-order valence-electron chi connectivity index (χ0n) is 10.2. The monoisotopic (exact) mass is 306 g/mol. The highest BCUT2D eigenvalue weighted by atomic mass is 79.9. The van der Waals surface area contributed by atoms with Crippen LogP contribution in [0.25, 0.3) is 0 Å². The third-order valence-corrected chi connectivity index (χ3v) is 3.16. The summed E-state index contributed by atoms with van der Waals surface area (Å²) in [6.45, 7) is 2.95. The predicted octanol–water partition coefficient (Wildman–Crippen LogP) is 3.19. The van der Waals surface area contributed by atoms with Crippen LogP contribution in [0, 0.1) is 6.92 Å². The summed E-state index contributed by atoms with van der Waals surface area (Å²) in [5.74, 6) is 0.629. The topological polar surface area (TPSA) is 48.1 Å². The Morgan fingerprint density at radius 3 is 2.78 bits per heavy atom. The molecule has 0 amide bonds. The summed E-state index contributed by atoms with van der Waals surface area (Å²) in [7, 11) is 0. The van der Waals surface area contributed by atoms with Crippen molar-refractivity contribution in [3.05, 3.63) is 57.7 Å². The van der Waals surface area contributed by atoms with Crippen molar-refractivity contribution in [2.75, 3.05) is 0 Å². The predicted molar refractivity (Wildman–Crippen MR) is 75.3 cm³/mol. The minimum absolute atomic E-state index is 0.505. The maximum Gasteiger partial charge on any atom is 0.213 e. The molecule has 1 aromatic carbocycles. The fourth-order valence-corrected chi connectivity index (χ4v) is 2.09. The highest BCUT2D eigenvalue weighted by Crippen LogP contribution is 2.16. The number of ether oxygens (including phenoxy) is 1. The van der Waals surface area contributed by atoms with Gasteiger partial charge in [-0.15, -0.1) is 0 Å². The molecule has 0 bridgehead atoms. The molecule has 0 spiro atoms. The summed E-state index contributed by atoms with van der Waals surface area (Å²) in [6, 6.07) is 11.8. The van der Waals surface area contributed by atoms with E-state index in [0.29, 0.717) is 19.0 Å². The first kappa shape index (κ1) is 13.1. The van der Waals surface area contributed by atoms with E-state index in [4.69, 9.17) is 10.5 Å². The summed E-state index contributed by atoms with van der Waals surface area (Å²) < 4.78 is 6.70. The van der Waals surface area contributed by atoms with Gasteiger partial charge in [0.1, 0.15) is 6.61 Å². The number of pyridine rings is 1. The molecular formula is C14H15BrN2O. The first-order valence-electron chi connectivity index (χ1n) is 5.73. The Morgan fingerprint density at radius 1 is 1.28 bits per heavy atom. The van der Waals surface area contributed by atoms with Gasteiger partial charge >= 0.3 is 0 Å². The van der Waals surface area contributed by atoms with Crippen LogP contribution in [-0.4, -0.2) is 4.98 Å². The van der Waals surface area contributed by atoms with Gasteiger partial charge in [-0.05, 0) is 30.2 Å². The SMILES string of the molecule is Cc1nc(OCc2cccc(Br)c2)ccc1CN. The molecule has 4 heteroatoms. The smallest absolute Gasteiger partial charge is 0.213 e. The van der Waals surface area contributed by atoms with E-state index in [1.165, 1.54) is 0 Å². The molecule has 0 radical (unpaired) electrons. The molecule has 2 N–H and O–H groups in total. The summed E-state index contributed by atoms with van der Waals surface area (Å²) in [4.78, 5) is 4.37. The third-order valence-electron chi connectivity index (χ3n) is 2.67. The van der Waals surface area contributed by atoms with Crippen LogP contribution in [0.3, 0.4) is 0 Å². The summed E-state index contributed by atoms with van der Waals surface area (Å²) in [5.41, 5.74) is 8.67. The number of rotatable bonds is 4. The molecule has 94 valence electrons. The first-order chi connectivity index (χ1) is 8.69. The molecule has 0 aliphatic heterocycles. The Hall–Kier alpha value is -1.39. The van der Waals surface area contributed by atoms with Crippen LogP contribution >= 0.6 is 15.9 Å². The lowest BCUT2D eigenvalue weighted by Crippen LogP contribution is -2.03. The van der Waals surface area contributed by atoms with Crippen LogP contribution < -0.4 is 10.5 Å². The average molecular weight is 307 g/mol. The van der Waals surface area contributed by atoms with Crippen molar-refractivity contribution in [3.63, 3.8) is 0 Å². The summed E-state index contributed by atoms with van der Waals surface area (Å²) >= 11 is 3.43. The molecule has 0 aliphatic carbocycles. The largest absolute Gasteiger partial charge is 0.473 e. The Bertz CT molecular complexity index is 543. The molecule has 3 nitrogen and oxygen atoms in total. The van der Waals surface area contributed by atoms with Crippen molar-refractivity contribution in [3.8, 4) is 5.88 Å². The molecule has 0 fully saturated rings. The van der Waals surface area contributed by atoms with Crippen LogP contribution in [0.2, 0.25) is 0 Å². The van der Waals surface area contributed by atoms with Crippen LogP contribution in [0.1, 0.15) is 16.8 Å². The number of aromatic nitrogens is 1. The normalized spacial score (nSPS) is 10.4. The lowest BCUT2D eigenvalue weighted by Gasteiger charge is -2.08. The molecule has 1 aromatic heterocycles. The molecule has 0 unspecified atom stereocenters. The second kappa shape index (κ2) is 5.98. The third kappa shape index (κ3) is 3.31. The lowest BCUT2D eigenvalue weighted by atomic mass is 10.2. The number of aryl methyl sites for hydroxylation is 1. The van der Waals surface area contributed by atoms with E-state index >= 15 is 0 Å². The molecule has 0 aliphatic rings. The fraction of sp³-hybridized carbons (Fsp3) is 0.214. The van der Waals surface area contributed by atoms with E-state index in [-0.39, 0.29) is 0 Å². The van der Waals surface area contributed by atoms with Crippen molar-refractivity contribution >= 4 is 15.9 Å². The Kier molecular flexibility index (Phi) is 4.33.